The van der Waals surface area contributed by atoms with E-state index in [1.54, 1.807) is 0 Å². The maximum atomic E-state index is 12.5. The zero-order valence-corrected chi connectivity index (χ0v) is 12.0. The van der Waals surface area contributed by atoms with E-state index in [2.05, 4.69) is 11.9 Å². The van der Waals surface area contributed by atoms with E-state index >= 15 is 0 Å². The van der Waals surface area contributed by atoms with Crippen molar-refractivity contribution in [3.8, 4) is 0 Å². The third-order valence-corrected chi connectivity index (χ3v) is 4.66. The van der Waals surface area contributed by atoms with Crippen LogP contribution in [-0.4, -0.2) is 40.1 Å². The number of aliphatic hydroxyl groups excluding tert-OH is 1. The fourth-order valence-electron chi connectivity index (χ4n) is 2.47. The van der Waals surface area contributed by atoms with Gasteiger partial charge in [-0.1, -0.05) is 0 Å². The van der Waals surface area contributed by atoms with Crippen LogP contribution < -0.4 is 0 Å². The van der Waals surface area contributed by atoms with E-state index in [1.807, 2.05) is 18.7 Å². The lowest BCUT2D eigenvalue weighted by Crippen LogP contribution is -2.46. The molecule has 5 heteroatoms. The molecule has 2 atom stereocenters. The highest BCUT2D eigenvalue weighted by molar-refractivity contribution is 7.13. The number of hydrogen-bond acceptors (Lipinski definition) is 4. The quantitative estimate of drug-likeness (QED) is 0.892. The van der Waals surface area contributed by atoms with Crippen LogP contribution in [0.15, 0.2) is 0 Å². The van der Waals surface area contributed by atoms with Gasteiger partial charge in [0.25, 0.3) is 5.91 Å². The molecule has 1 aromatic rings. The van der Waals surface area contributed by atoms with Crippen LogP contribution >= 0.6 is 11.3 Å². The second kappa shape index (κ2) is 5.36. The lowest BCUT2D eigenvalue weighted by Gasteiger charge is -2.37. The van der Waals surface area contributed by atoms with Crippen LogP contribution in [-0.2, 0) is 0 Å². The Morgan fingerprint density at radius 1 is 1.50 bits per heavy atom. The zero-order chi connectivity index (χ0) is 13.3. The van der Waals surface area contributed by atoms with E-state index in [9.17, 15) is 9.90 Å². The first-order chi connectivity index (χ1) is 8.52. The molecule has 1 fully saturated rings. The van der Waals surface area contributed by atoms with Crippen LogP contribution in [0.4, 0.5) is 0 Å². The standard InChI is InChI=1S/C13H20N2O2S/c1-8-4-5-11(7-16)6-15(8)13(17)12-9(2)14-10(3)18-12/h8,11,16H,4-7H2,1-3H3. The van der Waals surface area contributed by atoms with Crippen molar-refractivity contribution in [3.05, 3.63) is 15.6 Å². The maximum absolute atomic E-state index is 12.5. The van der Waals surface area contributed by atoms with Gasteiger partial charge in [0.15, 0.2) is 0 Å². The minimum absolute atomic E-state index is 0.0729. The van der Waals surface area contributed by atoms with Crippen molar-refractivity contribution in [2.24, 2.45) is 5.92 Å². The first-order valence-electron chi connectivity index (χ1n) is 6.38. The summed E-state index contributed by atoms with van der Waals surface area (Å²) >= 11 is 1.46. The van der Waals surface area contributed by atoms with Crippen molar-refractivity contribution in [2.45, 2.75) is 39.7 Å². The maximum Gasteiger partial charge on any atom is 0.266 e. The van der Waals surface area contributed by atoms with Crippen molar-refractivity contribution in [2.75, 3.05) is 13.2 Å². The third kappa shape index (κ3) is 2.57. The van der Waals surface area contributed by atoms with Gasteiger partial charge in [-0.15, -0.1) is 11.3 Å². The topological polar surface area (TPSA) is 53.4 Å². The number of thiazole rings is 1. The molecule has 0 radical (unpaired) electrons. The fraction of sp³-hybridized carbons (Fsp3) is 0.692. The van der Waals surface area contributed by atoms with Crippen LogP contribution in [0.25, 0.3) is 0 Å². The zero-order valence-electron chi connectivity index (χ0n) is 11.1. The second-order valence-corrected chi connectivity index (χ2v) is 6.28. The number of aromatic nitrogens is 1. The number of aliphatic hydroxyl groups is 1. The highest BCUT2D eigenvalue weighted by Crippen LogP contribution is 2.26. The summed E-state index contributed by atoms with van der Waals surface area (Å²) in [5, 5.41) is 10.2. The Morgan fingerprint density at radius 3 is 2.78 bits per heavy atom. The molecular formula is C13H20N2O2S. The van der Waals surface area contributed by atoms with E-state index < -0.39 is 0 Å². The molecule has 1 aliphatic heterocycles. The predicted octanol–water partition coefficient (Wildman–Crippen LogP) is 1.99. The van der Waals surface area contributed by atoms with Gasteiger partial charge in [-0.25, -0.2) is 4.98 Å². The predicted molar refractivity (Wildman–Crippen MR) is 71.9 cm³/mol. The Morgan fingerprint density at radius 2 is 2.22 bits per heavy atom. The average molecular weight is 268 g/mol. The van der Waals surface area contributed by atoms with E-state index in [4.69, 9.17) is 0 Å². The van der Waals surface area contributed by atoms with Gasteiger partial charge in [-0.05, 0) is 39.5 Å². The van der Waals surface area contributed by atoms with Gasteiger partial charge in [-0.3, -0.25) is 4.79 Å². The van der Waals surface area contributed by atoms with Gasteiger partial charge < -0.3 is 10.0 Å². The van der Waals surface area contributed by atoms with Crippen molar-refractivity contribution in [3.63, 3.8) is 0 Å². The number of carbonyl (C=O) groups is 1. The molecule has 1 amide bonds. The van der Waals surface area contributed by atoms with Crippen molar-refractivity contribution in [1.29, 1.82) is 0 Å². The summed E-state index contributed by atoms with van der Waals surface area (Å²) in [6, 6.07) is 0.252. The molecular weight excluding hydrogens is 248 g/mol. The summed E-state index contributed by atoms with van der Waals surface area (Å²) in [6.07, 6.45) is 1.97. The smallest absolute Gasteiger partial charge is 0.266 e. The number of likely N-dealkylation sites (tertiary alicyclic amines) is 1. The Kier molecular flexibility index (Phi) is 4.02. The number of amides is 1. The van der Waals surface area contributed by atoms with Crippen LogP contribution in [0, 0.1) is 19.8 Å². The van der Waals surface area contributed by atoms with Gasteiger partial charge in [0.05, 0.1) is 10.7 Å². The summed E-state index contributed by atoms with van der Waals surface area (Å²) in [5.41, 5.74) is 0.820. The summed E-state index contributed by atoms with van der Waals surface area (Å²) in [5.74, 6) is 0.295. The van der Waals surface area contributed by atoms with Crippen molar-refractivity contribution >= 4 is 17.2 Å². The van der Waals surface area contributed by atoms with Gasteiger partial charge in [0.2, 0.25) is 0 Å². The summed E-state index contributed by atoms with van der Waals surface area (Å²) in [6.45, 7) is 6.71. The molecule has 0 aliphatic carbocycles. The van der Waals surface area contributed by atoms with E-state index in [0.717, 1.165) is 28.4 Å². The Balaban J connectivity index is 2.19. The molecule has 100 valence electrons. The molecule has 18 heavy (non-hydrogen) atoms. The van der Waals surface area contributed by atoms with Gasteiger partial charge >= 0.3 is 0 Å². The molecule has 0 spiro atoms. The summed E-state index contributed by atoms with van der Waals surface area (Å²) in [7, 11) is 0. The first kappa shape index (κ1) is 13.5. The Bertz CT molecular complexity index is 444. The van der Waals surface area contributed by atoms with Crippen LogP contribution in [0.1, 0.15) is 40.1 Å². The number of nitrogens with zero attached hydrogens (tertiary/aromatic N) is 2. The minimum Gasteiger partial charge on any atom is -0.396 e. The fourth-order valence-corrected chi connectivity index (χ4v) is 3.35. The van der Waals surface area contributed by atoms with Crippen LogP contribution in [0.2, 0.25) is 0 Å². The third-order valence-electron chi connectivity index (χ3n) is 3.60. The summed E-state index contributed by atoms with van der Waals surface area (Å²) in [4.78, 5) is 19.5. The molecule has 2 unspecified atom stereocenters. The molecule has 0 bridgehead atoms. The van der Waals surface area contributed by atoms with Gasteiger partial charge in [0, 0.05) is 19.2 Å². The monoisotopic (exact) mass is 268 g/mol. The molecule has 2 rings (SSSR count). The molecule has 1 saturated heterocycles. The lowest BCUT2D eigenvalue weighted by atomic mass is 9.94. The molecule has 0 aromatic carbocycles. The number of rotatable bonds is 2. The SMILES string of the molecule is Cc1nc(C)c(C(=O)N2CC(CO)CCC2C)s1. The molecule has 4 nitrogen and oxygen atoms in total. The molecule has 2 heterocycles. The number of piperidine rings is 1. The Hall–Kier alpha value is -0.940. The van der Waals surface area contributed by atoms with E-state index in [0.29, 0.717) is 6.54 Å². The van der Waals surface area contributed by atoms with Crippen LogP contribution in [0.5, 0.6) is 0 Å². The molecule has 0 saturated carbocycles. The molecule has 1 aromatic heterocycles. The van der Waals surface area contributed by atoms with E-state index in [1.165, 1.54) is 11.3 Å². The largest absolute Gasteiger partial charge is 0.396 e. The normalized spacial score (nSPS) is 24.3. The minimum atomic E-state index is 0.0729. The van der Waals surface area contributed by atoms with Crippen LogP contribution in [0.3, 0.4) is 0 Å². The highest BCUT2D eigenvalue weighted by Gasteiger charge is 2.30. The highest BCUT2D eigenvalue weighted by atomic mass is 32.1. The number of carbonyl (C=O) groups excluding carboxylic acids is 1. The molecule has 1 aliphatic rings. The Labute approximate surface area is 112 Å². The average Bonchev–Trinajstić information content (AvgIpc) is 2.68. The summed E-state index contributed by atoms with van der Waals surface area (Å²) < 4.78 is 0. The lowest BCUT2D eigenvalue weighted by molar-refractivity contribution is 0.0492. The van der Waals surface area contributed by atoms with Crippen molar-refractivity contribution < 1.29 is 9.90 Å². The van der Waals surface area contributed by atoms with E-state index in [-0.39, 0.29) is 24.5 Å². The second-order valence-electron chi connectivity index (χ2n) is 5.08. The molecule has 1 N–H and O–H groups in total. The number of hydrogen-bond donors (Lipinski definition) is 1. The van der Waals surface area contributed by atoms with Gasteiger partial charge in [-0.2, -0.15) is 0 Å². The van der Waals surface area contributed by atoms with Crippen molar-refractivity contribution in [1.82, 2.24) is 9.88 Å². The first-order valence-corrected chi connectivity index (χ1v) is 7.20. The number of aryl methyl sites for hydroxylation is 2. The van der Waals surface area contributed by atoms with Gasteiger partial charge in [0.1, 0.15) is 4.88 Å².